The first-order chi connectivity index (χ1) is 10.5. The van der Waals surface area contributed by atoms with Crippen molar-refractivity contribution in [3.05, 3.63) is 41.1 Å². The van der Waals surface area contributed by atoms with Crippen LogP contribution in [0.2, 0.25) is 0 Å². The third kappa shape index (κ3) is 3.47. The van der Waals surface area contributed by atoms with Gasteiger partial charge in [0.1, 0.15) is 11.6 Å². The summed E-state index contributed by atoms with van der Waals surface area (Å²) in [4.78, 5) is 11.4. The Morgan fingerprint density at radius 1 is 1.32 bits per heavy atom. The van der Waals surface area contributed by atoms with Crippen LogP contribution in [0.5, 0.6) is 5.75 Å². The van der Waals surface area contributed by atoms with Gasteiger partial charge in [-0.05, 0) is 38.1 Å². The highest BCUT2D eigenvalue weighted by molar-refractivity contribution is 5.89. The van der Waals surface area contributed by atoms with Gasteiger partial charge in [0.15, 0.2) is 0 Å². The van der Waals surface area contributed by atoms with E-state index in [-0.39, 0.29) is 5.91 Å². The summed E-state index contributed by atoms with van der Waals surface area (Å²) in [6.07, 6.45) is 0. The van der Waals surface area contributed by atoms with Gasteiger partial charge in [-0.15, -0.1) is 0 Å². The molecule has 1 heterocycles. The molecule has 2 aromatic rings. The maximum absolute atomic E-state index is 11.4. The molecule has 1 aromatic carbocycles. The van der Waals surface area contributed by atoms with Gasteiger partial charge in [-0.2, -0.15) is 5.10 Å². The number of carbonyl (C=O) groups is 1. The topological polar surface area (TPSA) is 56.1 Å². The number of carbonyl (C=O) groups excluding carboxylic acids is 1. The van der Waals surface area contributed by atoms with E-state index >= 15 is 0 Å². The van der Waals surface area contributed by atoms with Crippen LogP contribution in [0.25, 0.3) is 0 Å². The molecule has 0 saturated carbocycles. The van der Waals surface area contributed by atoms with Crippen LogP contribution in [-0.4, -0.2) is 22.8 Å². The van der Waals surface area contributed by atoms with Crippen molar-refractivity contribution in [1.82, 2.24) is 9.78 Å². The van der Waals surface area contributed by atoms with Gasteiger partial charge in [0, 0.05) is 19.0 Å². The Morgan fingerprint density at radius 2 is 2.00 bits per heavy atom. The van der Waals surface area contributed by atoms with Gasteiger partial charge >= 0.3 is 0 Å². The fraction of sp³-hybridized carbons (Fsp3) is 0.294. The lowest BCUT2D eigenvalue weighted by atomic mass is 10.2. The second-order valence-electron chi connectivity index (χ2n) is 4.78. The Hall–Kier alpha value is -2.74. The van der Waals surface area contributed by atoms with Gasteiger partial charge in [-0.1, -0.05) is 11.8 Å². The molecular formula is C17H19N3O2. The highest BCUT2D eigenvalue weighted by atomic mass is 16.5. The Labute approximate surface area is 130 Å². The molecule has 5 nitrogen and oxygen atoms in total. The van der Waals surface area contributed by atoms with Crippen LogP contribution in [0.15, 0.2) is 24.3 Å². The molecule has 0 aliphatic rings. The Bertz CT molecular complexity index is 734. The lowest BCUT2D eigenvalue weighted by Crippen LogP contribution is -2.12. The summed E-state index contributed by atoms with van der Waals surface area (Å²) in [5, 5.41) is 7.21. The predicted octanol–water partition coefficient (Wildman–Crippen LogP) is 2.58. The minimum absolute atomic E-state index is 0.137. The maximum Gasteiger partial charge on any atom is 0.222 e. The SMILES string of the molecule is CCn1nc(C)c(C#Cc2ccc(OC)cc2)c1NC(C)=O. The smallest absolute Gasteiger partial charge is 0.222 e. The number of ether oxygens (including phenoxy) is 1. The second-order valence-corrected chi connectivity index (χ2v) is 4.78. The number of nitrogens with one attached hydrogen (secondary N) is 1. The summed E-state index contributed by atoms with van der Waals surface area (Å²) in [5.74, 6) is 7.50. The fourth-order valence-corrected chi connectivity index (χ4v) is 2.06. The molecule has 0 atom stereocenters. The quantitative estimate of drug-likeness (QED) is 0.886. The number of aromatic nitrogens is 2. The van der Waals surface area contributed by atoms with E-state index < -0.39 is 0 Å². The van der Waals surface area contributed by atoms with Crippen LogP contribution in [0.1, 0.15) is 30.7 Å². The Kier molecular flexibility index (Phi) is 4.84. The molecule has 0 saturated heterocycles. The van der Waals surface area contributed by atoms with Gasteiger partial charge in [0.25, 0.3) is 0 Å². The monoisotopic (exact) mass is 297 g/mol. The number of benzene rings is 1. The normalized spacial score (nSPS) is 9.82. The minimum atomic E-state index is -0.137. The average molecular weight is 297 g/mol. The largest absolute Gasteiger partial charge is 0.497 e. The molecule has 0 fully saturated rings. The molecule has 0 spiro atoms. The predicted molar refractivity (Wildman–Crippen MR) is 85.9 cm³/mol. The molecule has 0 unspecified atom stereocenters. The molecule has 22 heavy (non-hydrogen) atoms. The van der Waals surface area contributed by atoms with E-state index in [2.05, 4.69) is 22.3 Å². The number of anilines is 1. The first-order valence-corrected chi connectivity index (χ1v) is 7.06. The van der Waals surface area contributed by atoms with Crippen molar-refractivity contribution in [1.29, 1.82) is 0 Å². The van der Waals surface area contributed by atoms with Gasteiger partial charge in [0.2, 0.25) is 5.91 Å². The highest BCUT2D eigenvalue weighted by Gasteiger charge is 2.13. The lowest BCUT2D eigenvalue weighted by molar-refractivity contribution is -0.114. The van der Waals surface area contributed by atoms with E-state index in [0.29, 0.717) is 12.4 Å². The van der Waals surface area contributed by atoms with E-state index in [1.165, 1.54) is 6.92 Å². The van der Waals surface area contributed by atoms with Gasteiger partial charge < -0.3 is 10.1 Å². The van der Waals surface area contributed by atoms with Gasteiger partial charge in [0.05, 0.1) is 18.4 Å². The van der Waals surface area contributed by atoms with E-state index in [4.69, 9.17) is 4.74 Å². The number of rotatable bonds is 3. The third-order valence-corrected chi connectivity index (χ3v) is 3.14. The van der Waals surface area contributed by atoms with Crippen LogP contribution < -0.4 is 10.1 Å². The number of methoxy groups -OCH3 is 1. The third-order valence-electron chi connectivity index (χ3n) is 3.14. The van der Waals surface area contributed by atoms with Crippen molar-refractivity contribution in [3.63, 3.8) is 0 Å². The zero-order valence-electron chi connectivity index (χ0n) is 13.2. The van der Waals surface area contributed by atoms with Crippen LogP contribution in [-0.2, 0) is 11.3 Å². The zero-order valence-corrected chi connectivity index (χ0v) is 13.2. The Balaban J connectivity index is 2.38. The maximum atomic E-state index is 11.4. The van der Waals surface area contributed by atoms with Crippen LogP contribution in [0.4, 0.5) is 5.82 Å². The van der Waals surface area contributed by atoms with Crippen LogP contribution >= 0.6 is 0 Å². The number of nitrogens with zero attached hydrogens (tertiary/aromatic N) is 2. The van der Waals surface area contributed by atoms with E-state index in [0.717, 1.165) is 22.6 Å². The summed E-state index contributed by atoms with van der Waals surface area (Å²) in [7, 11) is 1.63. The summed E-state index contributed by atoms with van der Waals surface area (Å²) in [6, 6.07) is 7.51. The lowest BCUT2D eigenvalue weighted by Gasteiger charge is -2.05. The number of aryl methyl sites for hydroxylation is 2. The van der Waals surface area contributed by atoms with Crippen molar-refractivity contribution in [2.45, 2.75) is 27.3 Å². The highest BCUT2D eigenvalue weighted by Crippen LogP contribution is 2.19. The molecule has 0 bridgehead atoms. The number of hydrogen-bond acceptors (Lipinski definition) is 3. The molecule has 2 rings (SSSR count). The van der Waals surface area contributed by atoms with Crippen molar-refractivity contribution in [2.75, 3.05) is 12.4 Å². The standard InChI is InChI=1S/C17H19N3O2/c1-5-20-17(18-13(3)21)16(12(2)19-20)11-8-14-6-9-15(22-4)10-7-14/h6-7,9-10H,5H2,1-4H3,(H,18,21). The van der Waals surface area contributed by atoms with Gasteiger partial charge in [-0.25, -0.2) is 4.68 Å². The first-order valence-electron chi connectivity index (χ1n) is 7.06. The van der Waals surface area contributed by atoms with E-state index in [9.17, 15) is 4.79 Å². The van der Waals surface area contributed by atoms with Crippen molar-refractivity contribution in [2.24, 2.45) is 0 Å². The molecule has 0 aliphatic heterocycles. The number of amides is 1. The summed E-state index contributed by atoms with van der Waals surface area (Å²) in [6.45, 7) is 6.00. The van der Waals surface area contributed by atoms with Crippen LogP contribution in [0, 0.1) is 18.8 Å². The molecular weight excluding hydrogens is 278 g/mol. The molecule has 0 aliphatic carbocycles. The summed E-state index contributed by atoms with van der Waals surface area (Å²) < 4.78 is 6.87. The molecule has 5 heteroatoms. The van der Waals surface area contributed by atoms with Crippen molar-refractivity contribution in [3.8, 4) is 17.6 Å². The average Bonchev–Trinajstić information content (AvgIpc) is 2.80. The van der Waals surface area contributed by atoms with E-state index in [1.54, 1.807) is 11.8 Å². The van der Waals surface area contributed by atoms with Crippen molar-refractivity contribution < 1.29 is 9.53 Å². The van der Waals surface area contributed by atoms with Gasteiger partial charge in [-0.3, -0.25) is 4.79 Å². The molecule has 1 amide bonds. The van der Waals surface area contributed by atoms with E-state index in [1.807, 2.05) is 38.1 Å². The molecule has 1 aromatic heterocycles. The Morgan fingerprint density at radius 3 is 2.55 bits per heavy atom. The second kappa shape index (κ2) is 6.81. The minimum Gasteiger partial charge on any atom is -0.497 e. The van der Waals surface area contributed by atoms with Crippen LogP contribution in [0.3, 0.4) is 0 Å². The summed E-state index contributed by atoms with van der Waals surface area (Å²) >= 11 is 0. The molecule has 1 N–H and O–H groups in total. The summed E-state index contributed by atoms with van der Waals surface area (Å²) in [5.41, 5.74) is 2.41. The number of hydrogen-bond donors (Lipinski definition) is 1. The fourth-order valence-electron chi connectivity index (χ4n) is 2.06. The van der Waals surface area contributed by atoms with Crippen molar-refractivity contribution >= 4 is 11.7 Å². The zero-order chi connectivity index (χ0) is 16.1. The molecule has 114 valence electrons. The molecule has 0 radical (unpaired) electrons. The first kappa shape index (κ1) is 15.6.